The summed E-state index contributed by atoms with van der Waals surface area (Å²) in [6.45, 7) is 4.59. The van der Waals surface area contributed by atoms with Crippen molar-refractivity contribution in [3.05, 3.63) is 0 Å². The van der Waals surface area contributed by atoms with Crippen molar-refractivity contribution < 1.29 is 15.0 Å². The number of carbonyl (C=O) groups is 1. The molecule has 1 unspecified atom stereocenters. The minimum absolute atomic E-state index is 0.214. The molecule has 1 fully saturated rings. The number of rotatable bonds is 7. The summed E-state index contributed by atoms with van der Waals surface area (Å²) in [5.41, 5.74) is 0. The SMILES string of the molecule is CCCCC(CCN1CCC[C@H](O)C1)C(=O)O. The number of β-amino-alcohol motifs (C(OH)–C–C–N with tert-alkyl or cyclic N) is 1. The lowest BCUT2D eigenvalue weighted by atomic mass is 9.97. The Balaban J connectivity index is 2.27. The van der Waals surface area contributed by atoms with Crippen LogP contribution in [0.3, 0.4) is 0 Å². The van der Waals surface area contributed by atoms with Crippen LogP contribution < -0.4 is 0 Å². The number of hydrogen-bond acceptors (Lipinski definition) is 3. The molecule has 0 spiro atoms. The summed E-state index contributed by atoms with van der Waals surface area (Å²) in [6, 6.07) is 0. The van der Waals surface area contributed by atoms with Crippen LogP contribution in [0.5, 0.6) is 0 Å². The Morgan fingerprint density at radius 3 is 2.82 bits per heavy atom. The van der Waals surface area contributed by atoms with Gasteiger partial charge in [0, 0.05) is 6.54 Å². The quantitative estimate of drug-likeness (QED) is 0.715. The number of aliphatic carboxylic acids is 1. The van der Waals surface area contributed by atoms with E-state index >= 15 is 0 Å². The van der Waals surface area contributed by atoms with Crippen molar-refractivity contribution in [2.24, 2.45) is 5.92 Å². The van der Waals surface area contributed by atoms with E-state index in [1.807, 2.05) is 0 Å². The zero-order valence-corrected chi connectivity index (χ0v) is 10.8. The molecule has 1 saturated heterocycles. The van der Waals surface area contributed by atoms with E-state index in [0.717, 1.165) is 45.2 Å². The summed E-state index contributed by atoms with van der Waals surface area (Å²) in [5, 5.41) is 18.7. The number of nitrogens with zero attached hydrogens (tertiary/aromatic N) is 1. The number of unbranched alkanes of at least 4 members (excludes halogenated alkanes) is 1. The number of carboxylic acids is 1. The predicted molar refractivity (Wildman–Crippen MR) is 66.9 cm³/mol. The fraction of sp³-hybridized carbons (Fsp3) is 0.923. The molecule has 0 aromatic rings. The van der Waals surface area contributed by atoms with Crippen LogP contribution in [0.2, 0.25) is 0 Å². The van der Waals surface area contributed by atoms with Crippen LogP contribution in [0.1, 0.15) is 45.4 Å². The third-order valence-corrected chi connectivity index (χ3v) is 3.53. The second kappa shape index (κ2) is 7.67. The number of likely N-dealkylation sites (tertiary alicyclic amines) is 1. The molecule has 1 aliphatic rings. The van der Waals surface area contributed by atoms with Crippen molar-refractivity contribution in [2.45, 2.75) is 51.6 Å². The number of carboxylic acid groups (broad SMARTS) is 1. The second-order valence-corrected chi connectivity index (χ2v) is 5.06. The molecule has 4 nitrogen and oxygen atoms in total. The van der Waals surface area contributed by atoms with Crippen LogP contribution in [-0.2, 0) is 4.79 Å². The molecular weight excluding hydrogens is 218 g/mol. The third kappa shape index (κ3) is 5.50. The monoisotopic (exact) mass is 243 g/mol. The molecule has 100 valence electrons. The van der Waals surface area contributed by atoms with Gasteiger partial charge < -0.3 is 15.1 Å². The first-order valence-electron chi connectivity index (χ1n) is 6.76. The summed E-state index contributed by atoms with van der Waals surface area (Å²) >= 11 is 0. The van der Waals surface area contributed by atoms with E-state index in [9.17, 15) is 9.90 Å². The Hall–Kier alpha value is -0.610. The zero-order chi connectivity index (χ0) is 12.7. The molecule has 0 aliphatic carbocycles. The maximum Gasteiger partial charge on any atom is 0.306 e. The molecule has 1 aliphatic heterocycles. The van der Waals surface area contributed by atoms with Crippen LogP contribution in [-0.4, -0.2) is 46.8 Å². The minimum atomic E-state index is -0.670. The normalized spacial score (nSPS) is 23.5. The van der Waals surface area contributed by atoms with Gasteiger partial charge in [0.15, 0.2) is 0 Å². The van der Waals surface area contributed by atoms with Gasteiger partial charge >= 0.3 is 5.97 Å². The van der Waals surface area contributed by atoms with Gasteiger partial charge in [-0.25, -0.2) is 0 Å². The molecule has 1 rings (SSSR count). The second-order valence-electron chi connectivity index (χ2n) is 5.06. The van der Waals surface area contributed by atoms with Gasteiger partial charge in [0.2, 0.25) is 0 Å². The summed E-state index contributed by atoms with van der Waals surface area (Å²) in [6.07, 6.45) is 5.21. The third-order valence-electron chi connectivity index (χ3n) is 3.53. The van der Waals surface area contributed by atoms with Crippen molar-refractivity contribution in [2.75, 3.05) is 19.6 Å². The highest BCUT2D eigenvalue weighted by Crippen LogP contribution is 2.16. The molecule has 0 bridgehead atoms. The number of aliphatic hydroxyl groups is 1. The Morgan fingerprint density at radius 1 is 1.47 bits per heavy atom. The Morgan fingerprint density at radius 2 is 2.24 bits per heavy atom. The lowest BCUT2D eigenvalue weighted by Gasteiger charge is -2.30. The molecule has 2 atom stereocenters. The van der Waals surface area contributed by atoms with Crippen LogP contribution in [0.15, 0.2) is 0 Å². The Bertz CT molecular complexity index is 233. The molecule has 0 aromatic carbocycles. The first-order chi connectivity index (χ1) is 8.13. The van der Waals surface area contributed by atoms with Gasteiger partial charge in [0.1, 0.15) is 0 Å². The topological polar surface area (TPSA) is 60.8 Å². The molecule has 0 amide bonds. The van der Waals surface area contributed by atoms with Crippen molar-refractivity contribution in [3.63, 3.8) is 0 Å². The maximum atomic E-state index is 11.1. The van der Waals surface area contributed by atoms with E-state index in [0.29, 0.717) is 13.0 Å². The van der Waals surface area contributed by atoms with E-state index in [1.165, 1.54) is 0 Å². The minimum Gasteiger partial charge on any atom is -0.481 e. The predicted octanol–water partition coefficient (Wildman–Crippen LogP) is 1.72. The van der Waals surface area contributed by atoms with E-state index < -0.39 is 5.97 Å². The Labute approximate surface area is 104 Å². The summed E-state index contributed by atoms with van der Waals surface area (Å²) in [4.78, 5) is 13.3. The molecule has 4 heteroatoms. The van der Waals surface area contributed by atoms with Gasteiger partial charge in [0.25, 0.3) is 0 Å². The van der Waals surface area contributed by atoms with E-state index in [1.54, 1.807) is 0 Å². The number of piperidine rings is 1. The van der Waals surface area contributed by atoms with E-state index in [2.05, 4.69) is 11.8 Å². The first kappa shape index (κ1) is 14.5. The van der Waals surface area contributed by atoms with Crippen LogP contribution in [0, 0.1) is 5.92 Å². The summed E-state index contributed by atoms with van der Waals surface area (Å²) in [5.74, 6) is -0.884. The van der Waals surface area contributed by atoms with Gasteiger partial charge in [-0.1, -0.05) is 19.8 Å². The van der Waals surface area contributed by atoms with Crippen LogP contribution in [0.4, 0.5) is 0 Å². The molecule has 0 aromatic heterocycles. The molecule has 1 heterocycles. The average Bonchev–Trinajstić information content (AvgIpc) is 2.28. The maximum absolute atomic E-state index is 11.1. The molecular formula is C13H25NO3. The van der Waals surface area contributed by atoms with Crippen molar-refractivity contribution in [1.29, 1.82) is 0 Å². The largest absolute Gasteiger partial charge is 0.481 e. The smallest absolute Gasteiger partial charge is 0.306 e. The van der Waals surface area contributed by atoms with Gasteiger partial charge in [-0.2, -0.15) is 0 Å². The summed E-state index contributed by atoms with van der Waals surface area (Å²) in [7, 11) is 0. The molecule has 2 N–H and O–H groups in total. The van der Waals surface area contributed by atoms with Crippen molar-refractivity contribution >= 4 is 5.97 Å². The van der Waals surface area contributed by atoms with Gasteiger partial charge in [0.05, 0.1) is 12.0 Å². The summed E-state index contributed by atoms with van der Waals surface area (Å²) < 4.78 is 0. The average molecular weight is 243 g/mol. The van der Waals surface area contributed by atoms with Crippen LogP contribution in [0.25, 0.3) is 0 Å². The van der Waals surface area contributed by atoms with Gasteiger partial charge in [-0.05, 0) is 38.8 Å². The highest BCUT2D eigenvalue weighted by atomic mass is 16.4. The standard InChI is InChI=1S/C13H25NO3/c1-2-3-5-11(13(16)17)7-9-14-8-4-6-12(15)10-14/h11-12,15H,2-10H2,1H3,(H,16,17)/t11?,12-/m0/s1. The Kier molecular flexibility index (Phi) is 6.52. The molecule has 0 radical (unpaired) electrons. The highest BCUT2D eigenvalue weighted by molar-refractivity contribution is 5.69. The fourth-order valence-electron chi connectivity index (χ4n) is 2.41. The van der Waals surface area contributed by atoms with Gasteiger partial charge in [-0.3, -0.25) is 4.79 Å². The zero-order valence-electron chi connectivity index (χ0n) is 10.8. The first-order valence-corrected chi connectivity index (χ1v) is 6.76. The van der Waals surface area contributed by atoms with Crippen LogP contribution >= 0.6 is 0 Å². The lowest BCUT2D eigenvalue weighted by molar-refractivity contribution is -0.142. The van der Waals surface area contributed by atoms with Crippen molar-refractivity contribution in [3.8, 4) is 0 Å². The van der Waals surface area contributed by atoms with E-state index in [4.69, 9.17) is 5.11 Å². The van der Waals surface area contributed by atoms with E-state index in [-0.39, 0.29) is 12.0 Å². The fourth-order valence-corrected chi connectivity index (χ4v) is 2.41. The number of hydrogen-bond donors (Lipinski definition) is 2. The number of aliphatic hydroxyl groups excluding tert-OH is 1. The lowest BCUT2D eigenvalue weighted by Crippen LogP contribution is -2.39. The molecule has 17 heavy (non-hydrogen) atoms. The highest BCUT2D eigenvalue weighted by Gasteiger charge is 2.21. The molecule has 0 saturated carbocycles. The van der Waals surface area contributed by atoms with Crippen molar-refractivity contribution in [1.82, 2.24) is 4.90 Å². The van der Waals surface area contributed by atoms with Gasteiger partial charge in [-0.15, -0.1) is 0 Å².